The van der Waals surface area contributed by atoms with E-state index in [4.69, 9.17) is 16.3 Å². The number of nitrogens with one attached hydrogen (secondary N) is 1. The number of halogens is 1. The van der Waals surface area contributed by atoms with Gasteiger partial charge in [-0.2, -0.15) is 0 Å². The standard InChI is InChI=1S/C16H18ClNO/c1-12(13-7-9-15(19-2)10-8-13)18-11-14-5-3-4-6-16(14)17/h3-10,12,18H,11H2,1-2H3/t12-/m0/s1. The molecule has 0 fully saturated rings. The average molecular weight is 276 g/mol. The number of rotatable bonds is 5. The van der Waals surface area contributed by atoms with Crippen LogP contribution in [-0.2, 0) is 6.54 Å². The first kappa shape index (κ1) is 13.9. The first-order valence-corrected chi connectivity index (χ1v) is 6.69. The molecule has 1 N–H and O–H groups in total. The van der Waals surface area contributed by atoms with Crippen LogP contribution >= 0.6 is 11.6 Å². The summed E-state index contributed by atoms with van der Waals surface area (Å²) in [6.45, 7) is 2.89. The van der Waals surface area contributed by atoms with E-state index >= 15 is 0 Å². The molecule has 0 heterocycles. The molecule has 0 aliphatic carbocycles. The van der Waals surface area contributed by atoms with Gasteiger partial charge in [-0.3, -0.25) is 0 Å². The molecule has 0 unspecified atom stereocenters. The van der Waals surface area contributed by atoms with E-state index in [2.05, 4.69) is 24.4 Å². The van der Waals surface area contributed by atoms with Crippen molar-refractivity contribution in [2.45, 2.75) is 19.5 Å². The van der Waals surface area contributed by atoms with Crippen molar-refractivity contribution in [1.29, 1.82) is 0 Å². The van der Waals surface area contributed by atoms with Crippen molar-refractivity contribution in [3.63, 3.8) is 0 Å². The average Bonchev–Trinajstić information content (AvgIpc) is 2.46. The maximum Gasteiger partial charge on any atom is 0.118 e. The van der Waals surface area contributed by atoms with Crippen molar-refractivity contribution in [3.05, 3.63) is 64.7 Å². The molecule has 100 valence electrons. The molecule has 0 aliphatic rings. The second kappa shape index (κ2) is 6.60. The molecular weight excluding hydrogens is 258 g/mol. The summed E-state index contributed by atoms with van der Waals surface area (Å²) in [5, 5.41) is 4.27. The monoisotopic (exact) mass is 275 g/mol. The summed E-state index contributed by atoms with van der Waals surface area (Å²) in [6.07, 6.45) is 0. The fraction of sp³-hybridized carbons (Fsp3) is 0.250. The van der Waals surface area contributed by atoms with E-state index in [0.717, 1.165) is 22.9 Å². The molecular formula is C16H18ClNO. The smallest absolute Gasteiger partial charge is 0.118 e. The van der Waals surface area contributed by atoms with Gasteiger partial charge in [0.1, 0.15) is 5.75 Å². The Morgan fingerprint density at radius 3 is 2.42 bits per heavy atom. The predicted molar refractivity (Wildman–Crippen MR) is 79.7 cm³/mol. The summed E-state index contributed by atoms with van der Waals surface area (Å²) in [7, 11) is 1.67. The SMILES string of the molecule is COc1ccc([C@H](C)NCc2ccccc2Cl)cc1. The minimum atomic E-state index is 0.266. The summed E-state index contributed by atoms with van der Waals surface area (Å²) in [4.78, 5) is 0. The van der Waals surface area contributed by atoms with Crippen LogP contribution in [0.2, 0.25) is 5.02 Å². The van der Waals surface area contributed by atoms with Gasteiger partial charge < -0.3 is 10.1 Å². The van der Waals surface area contributed by atoms with Crippen molar-refractivity contribution in [2.75, 3.05) is 7.11 Å². The van der Waals surface area contributed by atoms with Crippen LogP contribution in [0.4, 0.5) is 0 Å². The van der Waals surface area contributed by atoms with E-state index in [1.165, 1.54) is 5.56 Å². The van der Waals surface area contributed by atoms with Gasteiger partial charge in [0.25, 0.3) is 0 Å². The zero-order chi connectivity index (χ0) is 13.7. The lowest BCUT2D eigenvalue weighted by molar-refractivity contribution is 0.414. The van der Waals surface area contributed by atoms with Crippen molar-refractivity contribution in [2.24, 2.45) is 0 Å². The number of benzene rings is 2. The molecule has 2 rings (SSSR count). The molecule has 0 saturated heterocycles. The highest BCUT2D eigenvalue weighted by Crippen LogP contribution is 2.19. The molecule has 0 amide bonds. The van der Waals surface area contributed by atoms with Crippen LogP contribution in [0.5, 0.6) is 5.75 Å². The third-order valence-electron chi connectivity index (χ3n) is 3.17. The van der Waals surface area contributed by atoms with Crippen molar-refractivity contribution >= 4 is 11.6 Å². The van der Waals surface area contributed by atoms with Gasteiger partial charge in [0.2, 0.25) is 0 Å². The Hall–Kier alpha value is -1.51. The Labute approximate surface area is 119 Å². The van der Waals surface area contributed by atoms with Crippen molar-refractivity contribution in [1.82, 2.24) is 5.32 Å². The van der Waals surface area contributed by atoms with Crippen LogP contribution < -0.4 is 10.1 Å². The maximum atomic E-state index is 6.14. The zero-order valence-corrected chi connectivity index (χ0v) is 11.9. The quantitative estimate of drug-likeness (QED) is 0.883. The van der Waals surface area contributed by atoms with Crippen LogP contribution in [0.3, 0.4) is 0 Å². The Morgan fingerprint density at radius 1 is 1.11 bits per heavy atom. The third-order valence-corrected chi connectivity index (χ3v) is 3.54. The molecule has 19 heavy (non-hydrogen) atoms. The van der Waals surface area contributed by atoms with Gasteiger partial charge in [-0.05, 0) is 36.2 Å². The molecule has 0 saturated carbocycles. The fourth-order valence-corrected chi connectivity index (χ4v) is 2.12. The summed E-state index contributed by atoms with van der Waals surface area (Å²) >= 11 is 6.14. The molecule has 2 aromatic carbocycles. The lowest BCUT2D eigenvalue weighted by atomic mass is 10.1. The van der Waals surface area contributed by atoms with Gasteiger partial charge in [-0.15, -0.1) is 0 Å². The Kier molecular flexibility index (Phi) is 4.83. The van der Waals surface area contributed by atoms with Gasteiger partial charge in [0.05, 0.1) is 7.11 Å². The normalized spacial score (nSPS) is 12.2. The highest BCUT2D eigenvalue weighted by molar-refractivity contribution is 6.31. The number of hydrogen-bond acceptors (Lipinski definition) is 2. The highest BCUT2D eigenvalue weighted by Gasteiger charge is 2.06. The first-order valence-electron chi connectivity index (χ1n) is 6.31. The molecule has 2 aromatic rings. The second-order valence-corrected chi connectivity index (χ2v) is 4.87. The van der Waals surface area contributed by atoms with E-state index in [1.807, 2.05) is 36.4 Å². The summed E-state index contributed by atoms with van der Waals surface area (Å²) in [5.41, 5.74) is 2.34. The first-order chi connectivity index (χ1) is 9.20. The summed E-state index contributed by atoms with van der Waals surface area (Å²) < 4.78 is 5.16. The number of methoxy groups -OCH3 is 1. The van der Waals surface area contributed by atoms with Gasteiger partial charge in [-0.1, -0.05) is 41.9 Å². The van der Waals surface area contributed by atoms with Crippen LogP contribution in [0.25, 0.3) is 0 Å². The third kappa shape index (κ3) is 3.72. The number of ether oxygens (including phenoxy) is 1. The van der Waals surface area contributed by atoms with Crippen molar-refractivity contribution in [3.8, 4) is 5.75 Å². The molecule has 0 spiro atoms. The van der Waals surface area contributed by atoms with E-state index in [1.54, 1.807) is 7.11 Å². The lowest BCUT2D eigenvalue weighted by Gasteiger charge is -2.15. The minimum absolute atomic E-state index is 0.266. The van der Waals surface area contributed by atoms with Gasteiger partial charge >= 0.3 is 0 Å². The summed E-state index contributed by atoms with van der Waals surface area (Å²) in [5.74, 6) is 0.877. The van der Waals surface area contributed by atoms with E-state index < -0.39 is 0 Å². The molecule has 3 heteroatoms. The number of hydrogen-bond donors (Lipinski definition) is 1. The maximum absolute atomic E-state index is 6.14. The fourth-order valence-electron chi connectivity index (χ4n) is 1.92. The van der Waals surface area contributed by atoms with Crippen LogP contribution in [0.15, 0.2) is 48.5 Å². The molecule has 0 bridgehead atoms. The topological polar surface area (TPSA) is 21.3 Å². The van der Waals surface area contributed by atoms with Crippen LogP contribution in [-0.4, -0.2) is 7.11 Å². The molecule has 0 aromatic heterocycles. The second-order valence-electron chi connectivity index (χ2n) is 4.47. The van der Waals surface area contributed by atoms with E-state index in [-0.39, 0.29) is 6.04 Å². The molecule has 2 nitrogen and oxygen atoms in total. The highest BCUT2D eigenvalue weighted by atomic mass is 35.5. The summed E-state index contributed by atoms with van der Waals surface area (Å²) in [6, 6.07) is 16.3. The Bertz CT molecular complexity index is 525. The molecule has 0 radical (unpaired) electrons. The van der Waals surface area contributed by atoms with Gasteiger partial charge in [0.15, 0.2) is 0 Å². The van der Waals surface area contributed by atoms with Gasteiger partial charge in [-0.25, -0.2) is 0 Å². The van der Waals surface area contributed by atoms with Crippen LogP contribution in [0.1, 0.15) is 24.1 Å². The lowest BCUT2D eigenvalue weighted by Crippen LogP contribution is -2.18. The van der Waals surface area contributed by atoms with E-state index in [9.17, 15) is 0 Å². The molecule has 1 atom stereocenters. The van der Waals surface area contributed by atoms with Crippen molar-refractivity contribution < 1.29 is 4.74 Å². The zero-order valence-electron chi connectivity index (χ0n) is 11.2. The van der Waals surface area contributed by atoms with E-state index in [0.29, 0.717) is 0 Å². The van der Waals surface area contributed by atoms with Crippen LogP contribution in [0, 0.1) is 0 Å². The van der Waals surface area contributed by atoms with Gasteiger partial charge in [0, 0.05) is 17.6 Å². The Morgan fingerprint density at radius 2 is 1.79 bits per heavy atom. The predicted octanol–water partition coefficient (Wildman–Crippen LogP) is 4.20. The minimum Gasteiger partial charge on any atom is -0.497 e. The Balaban J connectivity index is 1.97. The largest absolute Gasteiger partial charge is 0.497 e. The molecule has 0 aliphatic heterocycles.